The first-order chi connectivity index (χ1) is 13.6. The highest BCUT2D eigenvalue weighted by Crippen LogP contribution is 2.30. The van der Waals surface area contributed by atoms with Crippen LogP contribution in [-0.2, 0) is 10.5 Å². The summed E-state index contributed by atoms with van der Waals surface area (Å²) in [7, 11) is 0. The Hall–Kier alpha value is -2.54. The lowest BCUT2D eigenvalue weighted by Crippen LogP contribution is -2.40. The standard InChI is InChI=1S/C21H22FN3O2S/c22-16-5-3-4-14(10-16)12-28-13-19-20(26)24-18-11-15(6-7-17(18)23-19)21(27)25-8-1-2-9-25/h3-7,10-11,19,23H,1-2,8-9,12-13H2,(H,24,26). The van der Waals surface area contributed by atoms with Gasteiger partial charge in [0.25, 0.3) is 5.91 Å². The molecule has 2 aromatic carbocycles. The molecule has 0 bridgehead atoms. The highest BCUT2D eigenvalue weighted by atomic mass is 32.2. The lowest BCUT2D eigenvalue weighted by molar-refractivity contribution is -0.116. The number of hydrogen-bond acceptors (Lipinski definition) is 4. The largest absolute Gasteiger partial charge is 0.371 e. The van der Waals surface area contributed by atoms with Crippen molar-refractivity contribution in [3.8, 4) is 0 Å². The van der Waals surface area contributed by atoms with Crippen LogP contribution in [0.2, 0.25) is 0 Å². The molecule has 4 rings (SSSR count). The smallest absolute Gasteiger partial charge is 0.253 e. The van der Waals surface area contributed by atoms with Crippen LogP contribution in [0, 0.1) is 5.82 Å². The highest BCUT2D eigenvalue weighted by molar-refractivity contribution is 7.98. The van der Waals surface area contributed by atoms with E-state index in [1.165, 1.54) is 12.1 Å². The molecule has 1 unspecified atom stereocenters. The van der Waals surface area contributed by atoms with Gasteiger partial charge >= 0.3 is 0 Å². The van der Waals surface area contributed by atoms with Gasteiger partial charge in [-0.05, 0) is 48.7 Å². The molecule has 2 aromatic rings. The van der Waals surface area contributed by atoms with Crippen molar-refractivity contribution in [2.75, 3.05) is 29.5 Å². The third kappa shape index (κ3) is 4.14. The number of nitrogens with one attached hydrogen (secondary N) is 2. The second-order valence-corrected chi connectivity index (χ2v) is 8.12. The van der Waals surface area contributed by atoms with Crippen molar-refractivity contribution in [1.82, 2.24) is 4.90 Å². The zero-order valence-electron chi connectivity index (χ0n) is 15.4. The molecule has 2 heterocycles. The number of carbonyl (C=O) groups is 2. The van der Waals surface area contributed by atoms with E-state index in [2.05, 4.69) is 10.6 Å². The van der Waals surface area contributed by atoms with Gasteiger partial charge in [0.2, 0.25) is 5.91 Å². The Morgan fingerprint density at radius 1 is 1.14 bits per heavy atom. The molecule has 2 amide bonds. The van der Waals surface area contributed by atoms with E-state index in [0.29, 0.717) is 22.8 Å². The number of amides is 2. The molecule has 0 radical (unpaired) electrons. The van der Waals surface area contributed by atoms with Crippen molar-refractivity contribution in [2.24, 2.45) is 0 Å². The summed E-state index contributed by atoms with van der Waals surface area (Å²) in [5.74, 6) is 0.850. The van der Waals surface area contributed by atoms with E-state index in [4.69, 9.17) is 0 Å². The van der Waals surface area contributed by atoms with Crippen molar-refractivity contribution < 1.29 is 14.0 Å². The van der Waals surface area contributed by atoms with Crippen LogP contribution in [0.15, 0.2) is 42.5 Å². The number of rotatable bonds is 5. The lowest BCUT2D eigenvalue weighted by Gasteiger charge is -2.27. The fourth-order valence-electron chi connectivity index (χ4n) is 3.52. The Morgan fingerprint density at radius 2 is 1.96 bits per heavy atom. The summed E-state index contributed by atoms with van der Waals surface area (Å²) in [6.07, 6.45) is 2.09. The number of thioether (sulfide) groups is 1. The Balaban J connectivity index is 1.38. The second kappa shape index (κ2) is 8.22. The number of likely N-dealkylation sites (tertiary alicyclic amines) is 1. The zero-order valence-corrected chi connectivity index (χ0v) is 16.2. The van der Waals surface area contributed by atoms with Crippen LogP contribution in [0.5, 0.6) is 0 Å². The first-order valence-electron chi connectivity index (χ1n) is 9.43. The van der Waals surface area contributed by atoms with Crippen molar-refractivity contribution >= 4 is 35.0 Å². The normalized spacial score (nSPS) is 18.4. The van der Waals surface area contributed by atoms with Gasteiger partial charge in [-0.15, -0.1) is 0 Å². The summed E-state index contributed by atoms with van der Waals surface area (Å²) in [6.45, 7) is 1.59. The van der Waals surface area contributed by atoms with Gasteiger partial charge in [0.1, 0.15) is 11.9 Å². The number of benzene rings is 2. The van der Waals surface area contributed by atoms with Crippen LogP contribution < -0.4 is 10.6 Å². The fraction of sp³-hybridized carbons (Fsp3) is 0.333. The van der Waals surface area contributed by atoms with Crippen LogP contribution in [0.25, 0.3) is 0 Å². The minimum atomic E-state index is -0.369. The Bertz CT molecular complexity index is 899. The summed E-state index contributed by atoms with van der Waals surface area (Å²) in [6, 6.07) is 11.5. The molecule has 1 saturated heterocycles. The van der Waals surface area contributed by atoms with Gasteiger partial charge in [-0.2, -0.15) is 11.8 Å². The average molecular weight is 399 g/mol. The molecule has 0 spiro atoms. The topological polar surface area (TPSA) is 61.4 Å². The van der Waals surface area contributed by atoms with Crippen LogP contribution in [-0.4, -0.2) is 41.6 Å². The molecular formula is C21H22FN3O2S. The molecule has 2 N–H and O–H groups in total. The van der Waals surface area contributed by atoms with E-state index in [1.807, 2.05) is 17.0 Å². The molecule has 0 aromatic heterocycles. The second-order valence-electron chi connectivity index (χ2n) is 7.09. The van der Waals surface area contributed by atoms with Gasteiger partial charge in [0, 0.05) is 30.2 Å². The summed E-state index contributed by atoms with van der Waals surface area (Å²) < 4.78 is 13.3. The van der Waals surface area contributed by atoms with E-state index in [9.17, 15) is 14.0 Å². The number of fused-ring (bicyclic) bond motifs is 1. The Kier molecular flexibility index (Phi) is 5.52. The van der Waals surface area contributed by atoms with E-state index in [-0.39, 0.29) is 23.7 Å². The number of anilines is 2. The van der Waals surface area contributed by atoms with Crippen LogP contribution in [0.4, 0.5) is 15.8 Å². The number of hydrogen-bond donors (Lipinski definition) is 2. The van der Waals surface area contributed by atoms with Gasteiger partial charge in [-0.25, -0.2) is 4.39 Å². The zero-order chi connectivity index (χ0) is 19.5. The molecule has 146 valence electrons. The van der Waals surface area contributed by atoms with Gasteiger partial charge < -0.3 is 15.5 Å². The minimum Gasteiger partial charge on any atom is -0.371 e. The van der Waals surface area contributed by atoms with Crippen LogP contribution in [0.3, 0.4) is 0 Å². The summed E-state index contributed by atoms with van der Waals surface area (Å²) in [4.78, 5) is 26.8. The predicted octanol–water partition coefficient (Wildman–Crippen LogP) is 3.73. The van der Waals surface area contributed by atoms with E-state index in [0.717, 1.165) is 37.2 Å². The molecule has 7 heteroatoms. The molecule has 5 nitrogen and oxygen atoms in total. The van der Waals surface area contributed by atoms with Gasteiger partial charge in [-0.1, -0.05) is 12.1 Å². The summed E-state index contributed by atoms with van der Waals surface area (Å²) >= 11 is 1.57. The average Bonchev–Trinajstić information content (AvgIpc) is 3.22. The molecule has 2 aliphatic heterocycles. The van der Waals surface area contributed by atoms with E-state index < -0.39 is 0 Å². The van der Waals surface area contributed by atoms with Crippen LogP contribution >= 0.6 is 11.8 Å². The molecule has 0 saturated carbocycles. The van der Waals surface area contributed by atoms with Crippen molar-refractivity contribution in [1.29, 1.82) is 0 Å². The van der Waals surface area contributed by atoms with Gasteiger partial charge in [0.05, 0.1) is 11.4 Å². The molecule has 1 fully saturated rings. The SMILES string of the molecule is O=C1Nc2cc(C(=O)N3CCCC3)ccc2NC1CSCc1cccc(F)c1. The maximum Gasteiger partial charge on any atom is 0.253 e. The third-order valence-corrected chi connectivity index (χ3v) is 6.11. The molecule has 2 aliphatic rings. The van der Waals surface area contributed by atoms with Crippen molar-refractivity contribution in [3.63, 3.8) is 0 Å². The van der Waals surface area contributed by atoms with Gasteiger partial charge in [-0.3, -0.25) is 9.59 Å². The fourth-order valence-corrected chi connectivity index (χ4v) is 4.52. The maximum atomic E-state index is 13.3. The van der Waals surface area contributed by atoms with Crippen LogP contribution in [0.1, 0.15) is 28.8 Å². The number of halogens is 1. The molecule has 1 atom stereocenters. The van der Waals surface area contributed by atoms with Gasteiger partial charge in [0.15, 0.2) is 0 Å². The first kappa shape index (κ1) is 18.8. The quantitative estimate of drug-likeness (QED) is 0.804. The summed E-state index contributed by atoms with van der Waals surface area (Å²) in [5, 5.41) is 6.16. The molecule has 28 heavy (non-hydrogen) atoms. The van der Waals surface area contributed by atoms with E-state index >= 15 is 0 Å². The Morgan fingerprint density at radius 3 is 2.75 bits per heavy atom. The number of carbonyl (C=O) groups excluding carboxylic acids is 2. The minimum absolute atomic E-state index is 0.0160. The highest BCUT2D eigenvalue weighted by Gasteiger charge is 2.27. The molecular weight excluding hydrogens is 377 g/mol. The first-order valence-corrected chi connectivity index (χ1v) is 10.6. The Labute approximate surface area is 167 Å². The monoisotopic (exact) mass is 399 g/mol. The van der Waals surface area contributed by atoms with Crippen molar-refractivity contribution in [3.05, 3.63) is 59.4 Å². The van der Waals surface area contributed by atoms with Crippen molar-refractivity contribution in [2.45, 2.75) is 24.6 Å². The lowest BCUT2D eigenvalue weighted by atomic mass is 10.1. The predicted molar refractivity (Wildman–Crippen MR) is 110 cm³/mol. The molecule has 0 aliphatic carbocycles. The third-order valence-electron chi connectivity index (χ3n) is 5.01. The van der Waals surface area contributed by atoms with E-state index in [1.54, 1.807) is 30.0 Å². The number of nitrogens with zero attached hydrogens (tertiary/aromatic N) is 1. The summed E-state index contributed by atoms with van der Waals surface area (Å²) in [5.41, 5.74) is 2.95. The maximum absolute atomic E-state index is 13.3.